The second-order valence-corrected chi connectivity index (χ2v) is 6.24. The molecule has 0 amide bonds. The number of fused-ring (bicyclic) bond motifs is 2. The van der Waals surface area contributed by atoms with E-state index in [0.29, 0.717) is 12.0 Å². The van der Waals surface area contributed by atoms with Gasteiger partial charge in [-0.25, -0.2) is 0 Å². The molecule has 1 heteroatoms. The van der Waals surface area contributed by atoms with Crippen molar-refractivity contribution < 1.29 is 0 Å². The van der Waals surface area contributed by atoms with Gasteiger partial charge in [-0.2, -0.15) is 0 Å². The van der Waals surface area contributed by atoms with E-state index in [-0.39, 0.29) is 0 Å². The normalized spacial score (nSPS) is 24.1. The summed E-state index contributed by atoms with van der Waals surface area (Å²) in [6.07, 6.45) is 3.78. The number of benzene rings is 2. The van der Waals surface area contributed by atoms with E-state index in [1.807, 2.05) is 0 Å². The molecule has 0 saturated carbocycles. The average Bonchev–Trinajstić information content (AvgIpc) is 2.44. The molecular weight excluding hydrogens is 242 g/mol. The van der Waals surface area contributed by atoms with Crippen molar-refractivity contribution in [3.63, 3.8) is 0 Å². The Morgan fingerprint density at radius 1 is 0.950 bits per heavy atom. The van der Waals surface area contributed by atoms with Gasteiger partial charge in [0.15, 0.2) is 0 Å². The topological polar surface area (TPSA) is 12.0 Å². The molecule has 0 fully saturated rings. The van der Waals surface area contributed by atoms with Crippen LogP contribution in [0.5, 0.6) is 0 Å². The molecule has 0 bridgehead atoms. The van der Waals surface area contributed by atoms with Crippen LogP contribution in [0.25, 0.3) is 0 Å². The first kappa shape index (κ1) is 12.2. The number of hydrogen-bond acceptors (Lipinski definition) is 1. The predicted octanol–water partition coefficient (Wildman–Crippen LogP) is 3.64. The quantitative estimate of drug-likeness (QED) is 0.888. The molecule has 2 aliphatic rings. The van der Waals surface area contributed by atoms with Crippen molar-refractivity contribution >= 4 is 0 Å². The molecule has 2 aromatic rings. The van der Waals surface area contributed by atoms with E-state index in [1.54, 1.807) is 22.3 Å². The molecule has 4 rings (SSSR count). The highest BCUT2D eigenvalue weighted by molar-refractivity contribution is 5.43. The molecule has 3 atom stereocenters. The van der Waals surface area contributed by atoms with E-state index in [2.05, 4.69) is 60.9 Å². The molecule has 3 unspecified atom stereocenters. The lowest BCUT2D eigenvalue weighted by atomic mass is 9.67. The van der Waals surface area contributed by atoms with Crippen molar-refractivity contribution in [3.8, 4) is 0 Å². The van der Waals surface area contributed by atoms with Gasteiger partial charge in [0.05, 0.1) is 0 Å². The maximum atomic E-state index is 3.57. The van der Waals surface area contributed by atoms with Crippen molar-refractivity contribution in [1.29, 1.82) is 0 Å². The lowest BCUT2D eigenvalue weighted by Crippen LogP contribution is -2.40. The fourth-order valence-corrected chi connectivity index (χ4v) is 4.02. The highest BCUT2D eigenvalue weighted by atomic mass is 14.9. The van der Waals surface area contributed by atoms with E-state index < -0.39 is 0 Å². The van der Waals surface area contributed by atoms with Gasteiger partial charge in [-0.15, -0.1) is 0 Å². The van der Waals surface area contributed by atoms with Gasteiger partial charge < -0.3 is 5.32 Å². The molecule has 1 nitrogen and oxygen atoms in total. The van der Waals surface area contributed by atoms with Crippen LogP contribution in [0.3, 0.4) is 0 Å². The molecule has 0 aromatic heterocycles. The molecule has 0 radical (unpaired) electrons. The smallest absolute Gasteiger partial charge is 0.0142 e. The van der Waals surface area contributed by atoms with Gasteiger partial charge in [0.1, 0.15) is 0 Å². The standard InChI is InChI=1S/C19H21N/c1-20-19(18-11-14-7-3-5-9-17(14)18)12-15-10-13-6-2-4-8-16(13)15/h2-9,15,18-20H,10-12H2,1H3. The Bertz CT molecular complexity index is 631. The Morgan fingerprint density at radius 2 is 1.60 bits per heavy atom. The molecule has 0 heterocycles. The van der Waals surface area contributed by atoms with Crippen LogP contribution in [0.2, 0.25) is 0 Å². The largest absolute Gasteiger partial charge is 0.316 e. The summed E-state index contributed by atoms with van der Waals surface area (Å²) in [5.74, 6) is 1.47. The summed E-state index contributed by atoms with van der Waals surface area (Å²) in [5.41, 5.74) is 6.26. The maximum absolute atomic E-state index is 3.57. The minimum absolute atomic E-state index is 0.614. The summed E-state index contributed by atoms with van der Waals surface area (Å²) in [6, 6.07) is 18.5. The summed E-state index contributed by atoms with van der Waals surface area (Å²) >= 11 is 0. The molecule has 20 heavy (non-hydrogen) atoms. The van der Waals surface area contributed by atoms with E-state index in [4.69, 9.17) is 0 Å². The van der Waals surface area contributed by atoms with Crippen LogP contribution in [-0.4, -0.2) is 13.1 Å². The second-order valence-electron chi connectivity index (χ2n) is 6.24. The molecule has 1 N–H and O–H groups in total. The summed E-state index contributed by atoms with van der Waals surface area (Å²) in [7, 11) is 2.12. The summed E-state index contributed by atoms with van der Waals surface area (Å²) in [4.78, 5) is 0. The Labute approximate surface area is 121 Å². The van der Waals surface area contributed by atoms with Crippen molar-refractivity contribution in [3.05, 3.63) is 70.8 Å². The third-order valence-electron chi connectivity index (χ3n) is 5.25. The van der Waals surface area contributed by atoms with Crippen molar-refractivity contribution in [2.24, 2.45) is 0 Å². The monoisotopic (exact) mass is 263 g/mol. The third-order valence-corrected chi connectivity index (χ3v) is 5.25. The first-order chi connectivity index (χ1) is 9.86. The Kier molecular flexibility index (Phi) is 2.89. The zero-order chi connectivity index (χ0) is 13.5. The minimum atomic E-state index is 0.614. The second kappa shape index (κ2) is 4.75. The van der Waals surface area contributed by atoms with Crippen molar-refractivity contribution in [2.45, 2.75) is 37.1 Å². The maximum Gasteiger partial charge on any atom is 0.0142 e. The van der Waals surface area contributed by atoms with Gasteiger partial charge in [-0.3, -0.25) is 0 Å². The highest BCUT2D eigenvalue weighted by Gasteiger charge is 2.35. The average molecular weight is 263 g/mol. The van der Waals surface area contributed by atoms with Crippen LogP contribution < -0.4 is 5.32 Å². The molecule has 2 aromatic carbocycles. The summed E-state index contributed by atoms with van der Waals surface area (Å²) in [6.45, 7) is 0. The molecule has 102 valence electrons. The Hall–Kier alpha value is -1.60. The lowest BCUT2D eigenvalue weighted by molar-refractivity contribution is 0.361. The van der Waals surface area contributed by atoms with Crippen LogP contribution in [0, 0.1) is 0 Å². The zero-order valence-corrected chi connectivity index (χ0v) is 12.0. The SMILES string of the molecule is CNC(CC1Cc2ccccc21)C1Cc2ccccc21. The fourth-order valence-electron chi connectivity index (χ4n) is 4.02. The number of hydrogen-bond donors (Lipinski definition) is 1. The molecule has 2 aliphatic carbocycles. The molecule has 0 spiro atoms. The van der Waals surface area contributed by atoms with Gasteiger partial charge in [0, 0.05) is 12.0 Å². The molecular formula is C19H21N. The first-order valence-electron chi connectivity index (χ1n) is 7.69. The van der Waals surface area contributed by atoms with Gasteiger partial charge in [0.2, 0.25) is 0 Å². The first-order valence-corrected chi connectivity index (χ1v) is 7.69. The van der Waals surface area contributed by atoms with Crippen molar-refractivity contribution in [2.75, 3.05) is 7.05 Å². The molecule has 0 saturated heterocycles. The Balaban J connectivity index is 1.49. The number of nitrogens with one attached hydrogen (secondary N) is 1. The van der Waals surface area contributed by atoms with Gasteiger partial charge >= 0.3 is 0 Å². The van der Waals surface area contributed by atoms with Crippen molar-refractivity contribution in [1.82, 2.24) is 5.32 Å². The van der Waals surface area contributed by atoms with Crippen LogP contribution >= 0.6 is 0 Å². The number of likely N-dealkylation sites (N-methyl/N-ethyl adjacent to an activating group) is 1. The van der Waals surface area contributed by atoms with Gasteiger partial charge in [0.25, 0.3) is 0 Å². The highest BCUT2D eigenvalue weighted by Crippen LogP contribution is 2.43. The fraction of sp³-hybridized carbons (Fsp3) is 0.368. The summed E-state index contributed by atoms with van der Waals surface area (Å²) < 4.78 is 0. The lowest BCUT2D eigenvalue weighted by Gasteiger charge is -2.40. The van der Waals surface area contributed by atoms with E-state index in [9.17, 15) is 0 Å². The third kappa shape index (κ3) is 1.81. The summed E-state index contributed by atoms with van der Waals surface area (Å²) in [5, 5.41) is 3.57. The van der Waals surface area contributed by atoms with Crippen LogP contribution in [0.4, 0.5) is 0 Å². The van der Waals surface area contributed by atoms with E-state index >= 15 is 0 Å². The molecule has 0 aliphatic heterocycles. The van der Waals surface area contributed by atoms with Gasteiger partial charge in [-0.1, -0.05) is 48.5 Å². The van der Waals surface area contributed by atoms with Gasteiger partial charge in [-0.05, 0) is 54.5 Å². The van der Waals surface area contributed by atoms with Crippen LogP contribution in [-0.2, 0) is 12.8 Å². The zero-order valence-electron chi connectivity index (χ0n) is 12.0. The van der Waals surface area contributed by atoms with E-state index in [1.165, 1.54) is 19.3 Å². The number of rotatable bonds is 4. The van der Waals surface area contributed by atoms with E-state index in [0.717, 1.165) is 5.92 Å². The predicted molar refractivity (Wildman–Crippen MR) is 83.2 cm³/mol. The van der Waals surface area contributed by atoms with Crippen LogP contribution in [0.15, 0.2) is 48.5 Å². The Morgan fingerprint density at radius 3 is 2.25 bits per heavy atom. The van der Waals surface area contributed by atoms with Crippen LogP contribution in [0.1, 0.15) is 40.5 Å². The minimum Gasteiger partial charge on any atom is -0.316 e.